The molecule has 0 aromatic heterocycles. The van der Waals surface area contributed by atoms with Crippen molar-refractivity contribution in [1.29, 1.82) is 0 Å². The van der Waals surface area contributed by atoms with Gasteiger partial charge in [-0.05, 0) is 0 Å². The van der Waals surface area contributed by atoms with Crippen molar-refractivity contribution in [2.45, 2.75) is 6.92 Å². The van der Waals surface area contributed by atoms with Crippen molar-refractivity contribution in [2.24, 2.45) is 10.1 Å². The number of aliphatic imine (C=N–C) groups is 1. The third kappa shape index (κ3) is 1.08. The van der Waals surface area contributed by atoms with Gasteiger partial charge in [0.1, 0.15) is 0 Å². The zero-order valence-corrected chi connectivity index (χ0v) is 5.64. The lowest BCUT2D eigenvalue weighted by Crippen LogP contribution is -2.26. The largest absolute Gasteiger partial charge is 0.454 e. The molecule has 0 amide bonds. The van der Waals surface area contributed by atoms with E-state index >= 15 is 0 Å². The normalized spacial score (nSPS) is 35.6. The molecule has 0 aliphatic carbocycles. The van der Waals surface area contributed by atoms with E-state index in [1.807, 2.05) is 6.92 Å². The number of nitrogens with zero attached hydrogens (tertiary/aromatic N) is 3. The maximum absolute atomic E-state index is 4.89. The Morgan fingerprint density at radius 2 is 2.38 bits per heavy atom. The fraction of sp³-hybridized carbons (Fsp3) is 0.500. The Balaban J connectivity index is 2.84. The average Bonchev–Trinajstić information content (AvgIpc) is 1.82. The second-order valence-electron chi connectivity index (χ2n) is 1.84. The Bertz CT molecular complexity index is 159. The summed E-state index contributed by atoms with van der Waals surface area (Å²) in [5, 5.41) is 3.97. The van der Waals surface area contributed by atoms with Gasteiger partial charge >= 0.3 is 0 Å². The van der Waals surface area contributed by atoms with Crippen LogP contribution in [0.25, 0.3) is 0 Å². The van der Waals surface area contributed by atoms with Crippen LogP contribution in [-0.2, 0) is 12.8 Å². The zero-order valence-electron chi connectivity index (χ0n) is 4.83. The standard InChI is InChI=1S/C4H7N3S/c1-4-5-3-7(2,8)6-4/h3H,1-2H3. The molecule has 1 heterocycles. The molecule has 0 aromatic rings. The summed E-state index contributed by atoms with van der Waals surface area (Å²) in [5.41, 5.74) is 0. The van der Waals surface area contributed by atoms with Gasteiger partial charge in [-0.2, -0.15) is 4.99 Å². The molecule has 0 saturated carbocycles. The van der Waals surface area contributed by atoms with E-state index in [0.717, 1.165) is 5.84 Å². The van der Waals surface area contributed by atoms with E-state index in [2.05, 4.69) is 10.1 Å². The van der Waals surface area contributed by atoms with Gasteiger partial charge in [-0.15, -0.1) is 0 Å². The highest BCUT2D eigenvalue weighted by Gasteiger charge is 2.08. The van der Waals surface area contributed by atoms with Crippen LogP contribution in [0, 0.1) is 0 Å². The molecule has 1 unspecified atom stereocenters. The van der Waals surface area contributed by atoms with E-state index in [1.54, 1.807) is 13.4 Å². The van der Waals surface area contributed by atoms with Crippen LogP contribution in [0.2, 0.25) is 0 Å². The maximum Gasteiger partial charge on any atom is 0.199 e. The number of hydrogen-bond donors (Lipinski definition) is 0. The highest BCUT2D eigenvalue weighted by Crippen LogP contribution is 2.02. The summed E-state index contributed by atoms with van der Waals surface area (Å²) >= 11 is 4.89. The summed E-state index contributed by atoms with van der Waals surface area (Å²) in [6.07, 6.45) is 1.62. The molecule has 0 bridgehead atoms. The van der Waals surface area contributed by atoms with Crippen molar-refractivity contribution in [1.82, 2.24) is 0 Å². The molecule has 0 aromatic carbocycles. The molecular formula is C4H7N3S. The van der Waals surface area contributed by atoms with Crippen LogP contribution in [0.4, 0.5) is 0 Å². The van der Waals surface area contributed by atoms with Crippen LogP contribution in [-0.4, -0.2) is 23.2 Å². The first kappa shape index (κ1) is 5.78. The molecule has 1 aliphatic rings. The van der Waals surface area contributed by atoms with E-state index in [0.29, 0.717) is 0 Å². The molecule has 1 atom stereocenters. The van der Waals surface area contributed by atoms with Crippen molar-refractivity contribution >= 4 is 25.0 Å². The molecule has 0 fully saturated rings. The molecule has 8 heavy (non-hydrogen) atoms. The van der Waals surface area contributed by atoms with Gasteiger partial charge in [-0.25, -0.2) is 0 Å². The van der Waals surface area contributed by atoms with Gasteiger partial charge in [-0.1, -0.05) is 5.10 Å². The molecule has 1 rings (SSSR count). The SMILES string of the molecule is CC1=N[N+](C)([S-])C=N1. The van der Waals surface area contributed by atoms with E-state index in [4.69, 9.17) is 12.8 Å². The number of rotatable bonds is 0. The topological polar surface area (TPSA) is 24.7 Å². The Hall–Kier alpha value is -0.350. The highest BCUT2D eigenvalue weighted by molar-refractivity contribution is 7.52. The van der Waals surface area contributed by atoms with Gasteiger partial charge in [0, 0.05) is 6.92 Å². The average molecular weight is 129 g/mol. The number of hydrogen-bond acceptors (Lipinski definition) is 3. The van der Waals surface area contributed by atoms with Crippen molar-refractivity contribution in [3.05, 3.63) is 0 Å². The van der Waals surface area contributed by atoms with Crippen molar-refractivity contribution in [3.8, 4) is 0 Å². The van der Waals surface area contributed by atoms with Gasteiger partial charge in [0.15, 0.2) is 12.2 Å². The Kier molecular flexibility index (Phi) is 1.13. The first-order valence-electron chi connectivity index (χ1n) is 2.29. The molecule has 3 nitrogen and oxygen atoms in total. The van der Waals surface area contributed by atoms with Crippen LogP contribution in [0.5, 0.6) is 0 Å². The van der Waals surface area contributed by atoms with Crippen LogP contribution in [0.15, 0.2) is 10.1 Å². The molecule has 0 radical (unpaired) electrons. The predicted molar refractivity (Wildman–Crippen MR) is 35.2 cm³/mol. The second-order valence-corrected chi connectivity index (χ2v) is 2.57. The van der Waals surface area contributed by atoms with Crippen LogP contribution in [0.3, 0.4) is 0 Å². The lowest BCUT2D eigenvalue weighted by molar-refractivity contribution is -0.667. The summed E-state index contributed by atoms with van der Waals surface area (Å²) in [7, 11) is 1.79. The number of quaternary nitrogens is 1. The van der Waals surface area contributed by atoms with E-state index < -0.39 is 0 Å². The van der Waals surface area contributed by atoms with Crippen LogP contribution < -0.4 is 0 Å². The van der Waals surface area contributed by atoms with E-state index in [9.17, 15) is 0 Å². The Labute approximate surface area is 53.8 Å². The molecule has 0 N–H and O–H groups in total. The molecule has 0 spiro atoms. The lowest BCUT2D eigenvalue weighted by Gasteiger charge is -2.22. The first-order valence-corrected chi connectivity index (χ1v) is 2.66. The van der Waals surface area contributed by atoms with Crippen LogP contribution >= 0.6 is 0 Å². The van der Waals surface area contributed by atoms with Crippen molar-refractivity contribution in [2.75, 3.05) is 7.05 Å². The Morgan fingerprint density at radius 1 is 1.75 bits per heavy atom. The summed E-state index contributed by atoms with van der Waals surface area (Å²) in [6.45, 7) is 1.83. The smallest absolute Gasteiger partial charge is 0.199 e. The van der Waals surface area contributed by atoms with Crippen LogP contribution in [0.1, 0.15) is 6.92 Å². The minimum atomic E-state index is 0.117. The van der Waals surface area contributed by atoms with Crippen molar-refractivity contribution < 1.29 is 4.00 Å². The molecular weight excluding hydrogens is 122 g/mol. The summed E-state index contributed by atoms with van der Waals surface area (Å²) < 4.78 is 0.117. The minimum Gasteiger partial charge on any atom is -0.454 e. The molecule has 0 saturated heterocycles. The highest BCUT2D eigenvalue weighted by atomic mass is 32.1. The second kappa shape index (κ2) is 1.56. The summed E-state index contributed by atoms with van der Waals surface area (Å²) in [4.78, 5) is 3.88. The van der Waals surface area contributed by atoms with Crippen molar-refractivity contribution in [3.63, 3.8) is 0 Å². The van der Waals surface area contributed by atoms with Gasteiger partial charge in [0.2, 0.25) is 0 Å². The zero-order chi connectivity index (χ0) is 6.20. The predicted octanol–water partition coefficient (Wildman–Crippen LogP) is 0.270. The third-order valence-corrected chi connectivity index (χ3v) is 0.978. The minimum absolute atomic E-state index is 0.117. The number of amidine groups is 1. The fourth-order valence-electron chi connectivity index (χ4n) is 0.530. The lowest BCUT2D eigenvalue weighted by atomic mass is 10.7. The quantitative estimate of drug-likeness (QED) is 0.340. The molecule has 1 aliphatic heterocycles. The third-order valence-electron chi connectivity index (χ3n) is 0.802. The summed E-state index contributed by atoms with van der Waals surface area (Å²) in [5.74, 6) is 0.752. The monoisotopic (exact) mass is 129 g/mol. The van der Waals surface area contributed by atoms with E-state index in [-0.39, 0.29) is 4.00 Å². The fourth-order valence-corrected chi connectivity index (χ4v) is 0.695. The van der Waals surface area contributed by atoms with Gasteiger partial charge < -0.3 is 12.8 Å². The van der Waals surface area contributed by atoms with Gasteiger partial charge in [-0.3, -0.25) is 4.00 Å². The Morgan fingerprint density at radius 3 is 2.50 bits per heavy atom. The first-order chi connectivity index (χ1) is 3.60. The van der Waals surface area contributed by atoms with E-state index in [1.165, 1.54) is 0 Å². The van der Waals surface area contributed by atoms with Gasteiger partial charge in [0.05, 0.1) is 7.05 Å². The summed E-state index contributed by atoms with van der Waals surface area (Å²) in [6, 6.07) is 0. The maximum atomic E-state index is 4.89. The molecule has 44 valence electrons. The molecule has 4 heteroatoms. The van der Waals surface area contributed by atoms with Gasteiger partial charge in [0.25, 0.3) is 0 Å².